The fraction of sp³-hybridized carbons (Fsp3) is 0.387. The molecule has 0 saturated carbocycles. The van der Waals surface area contributed by atoms with Crippen LogP contribution >= 0.6 is 11.6 Å². The molecule has 0 bridgehead atoms. The third-order valence-corrected chi connectivity index (χ3v) is 8.83. The predicted octanol–water partition coefficient (Wildman–Crippen LogP) is 7.19. The Labute approximate surface area is 234 Å². The van der Waals surface area contributed by atoms with Crippen molar-refractivity contribution >= 4 is 34.2 Å². The molecule has 38 heavy (non-hydrogen) atoms. The molecule has 7 heteroatoms. The van der Waals surface area contributed by atoms with Crippen molar-refractivity contribution in [1.82, 2.24) is 4.72 Å². The van der Waals surface area contributed by atoms with Crippen molar-refractivity contribution in [3.05, 3.63) is 88.9 Å². The van der Waals surface area contributed by atoms with Crippen LogP contribution in [0.2, 0.25) is 5.02 Å². The lowest BCUT2D eigenvalue weighted by Gasteiger charge is -2.39. The number of anilines is 1. The number of carbonyl (C=O) groups excluding carboxylic acids is 1. The van der Waals surface area contributed by atoms with Crippen molar-refractivity contribution in [3.8, 4) is 11.1 Å². The van der Waals surface area contributed by atoms with E-state index in [4.69, 9.17) is 16.3 Å². The van der Waals surface area contributed by atoms with Gasteiger partial charge in [0.2, 0.25) is 0 Å². The van der Waals surface area contributed by atoms with Gasteiger partial charge in [-0.25, -0.2) is 13.7 Å². The summed E-state index contributed by atoms with van der Waals surface area (Å²) in [6.45, 7) is 9.94. The molecule has 5 nitrogen and oxygen atoms in total. The Morgan fingerprint density at radius 2 is 1.66 bits per heavy atom. The molecule has 0 spiro atoms. The Hall–Kier alpha value is -2.67. The minimum Gasteiger partial charge on any atom is -0.462 e. The highest BCUT2D eigenvalue weighted by atomic mass is 35.5. The minimum absolute atomic E-state index is 0.0599. The number of hydrogen-bond acceptors (Lipinski definition) is 4. The molecule has 2 atom stereocenters. The first-order valence-corrected chi connectivity index (χ1v) is 14.7. The van der Waals surface area contributed by atoms with Crippen LogP contribution in [-0.4, -0.2) is 34.6 Å². The van der Waals surface area contributed by atoms with Gasteiger partial charge in [-0.15, -0.1) is 0 Å². The van der Waals surface area contributed by atoms with Gasteiger partial charge in [0, 0.05) is 29.8 Å². The molecular formula is C31H37ClN2O3S. The molecule has 1 saturated heterocycles. The lowest BCUT2D eigenvalue weighted by Crippen LogP contribution is -2.42. The van der Waals surface area contributed by atoms with E-state index in [2.05, 4.69) is 27.8 Å². The summed E-state index contributed by atoms with van der Waals surface area (Å²) in [5, 5.41) is 0.706. The summed E-state index contributed by atoms with van der Waals surface area (Å²) >= 11 is 6.16. The highest BCUT2D eigenvalue weighted by Crippen LogP contribution is 2.38. The maximum Gasteiger partial charge on any atom is 0.338 e. The number of ether oxygens (including phenoxy) is 1. The van der Waals surface area contributed by atoms with Crippen LogP contribution in [0.5, 0.6) is 0 Å². The Balaban J connectivity index is 1.57. The predicted molar refractivity (Wildman–Crippen MR) is 158 cm³/mol. The second-order valence-corrected chi connectivity index (χ2v) is 13.1. The maximum atomic E-state index is 13.3. The van der Waals surface area contributed by atoms with Gasteiger partial charge in [-0.3, -0.25) is 0 Å². The van der Waals surface area contributed by atoms with Crippen LogP contribution in [0.3, 0.4) is 0 Å². The molecule has 1 aliphatic rings. The summed E-state index contributed by atoms with van der Waals surface area (Å²) in [5.74, 6) is 0.0164. The van der Waals surface area contributed by atoms with Crippen LogP contribution in [-0.2, 0) is 15.7 Å². The van der Waals surface area contributed by atoms with E-state index in [0.717, 1.165) is 48.3 Å². The van der Waals surface area contributed by atoms with Crippen molar-refractivity contribution < 1.29 is 13.7 Å². The molecule has 0 aliphatic carbocycles. The summed E-state index contributed by atoms with van der Waals surface area (Å²) in [7, 11) is -1.22. The second kappa shape index (κ2) is 12.5. The second-order valence-electron chi connectivity index (χ2n) is 10.7. The van der Waals surface area contributed by atoms with E-state index < -0.39 is 11.0 Å². The van der Waals surface area contributed by atoms with E-state index in [-0.39, 0.29) is 16.8 Å². The fourth-order valence-corrected chi connectivity index (χ4v) is 5.91. The molecular weight excluding hydrogens is 516 g/mol. The summed E-state index contributed by atoms with van der Waals surface area (Å²) in [6, 6.07) is 23.9. The molecule has 1 N–H and O–H groups in total. The van der Waals surface area contributed by atoms with Crippen LogP contribution in [0.15, 0.2) is 72.8 Å². The highest BCUT2D eigenvalue weighted by Gasteiger charge is 2.33. The van der Waals surface area contributed by atoms with Crippen molar-refractivity contribution in [2.45, 2.75) is 51.3 Å². The number of halogens is 1. The molecule has 1 fully saturated rings. The zero-order chi connectivity index (χ0) is 27.3. The van der Waals surface area contributed by atoms with Crippen LogP contribution < -0.4 is 9.62 Å². The van der Waals surface area contributed by atoms with Gasteiger partial charge in [-0.05, 0) is 99.5 Å². The van der Waals surface area contributed by atoms with Crippen molar-refractivity contribution in [3.63, 3.8) is 0 Å². The van der Waals surface area contributed by atoms with Crippen LogP contribution in [0.4, 0.5) is 5.69 Å². The third-order valence-electron chi connectivity index (χ3n) is 7.00. The summed E-state index contributed by atoms with van der Waals surface area (Å²) in [6.07, 6.45) is 1.90. The molecule has 1 aliphatic heterocycles. The molecule has 1 heterocycles. The fourth-order valence-electron chi connectivity index (χ4n) is 4.88. The molecule has 3 aromatic rings. The first-order valence-electron chi connectivity index (χ1n) is 13.2. The van der Waals surface area contributed by atoms with Gasteiger partial charge >= 0.3 is 5.97 Å². The largest absolute Gasteiger partial charge is 0.462 e. The van der Waals surface area contributed by atoms with E-state index in [1.165, 1.54) is 0 Å². The minimum atomic E-state index is -1.22. The lowest BCUT2D eigenvalue weighted by molar-refractivity contribution is 0.0526. The van der Waals surface area contributed by atoms with Crippen LogP contribution in [0.1, 0.15) is 62.5 Å². The van der Waals surface area contributed by atoms with Crippen molar-refractivity contribution in [2.24, 2.45) is 5.92 Å². The van der Waals surface area contributed by atoms with Crippen LogP contribution in [0.25, 0.3) is 11.1 Å². The van der Waals surface area contributed by atoms with Crippen molar-refractivity contribution in [2.75, 3.05) is 24.6 Å². The number of carbonyl (C=O) groups is 1. The van der Waals surface area contributed by atoms with Gasteiger partial charge in [-0.1, -0.05) is 48.0 Å². The zero-order valence-electron chi connectivity index (χ0n) is 22.6. The van der Waals surface area contributed by atoms with Gasteiger partial charge in [0.1, 0.15) is 0 Å². The van der Waals surface area contributed by atoms with Gasteiger partial charge < -0.3 is 9.64 Å². The van der Waals surface area contributed by atoms with E-state index in [1.54, 1.807) is 0 Å². The Bertz CT molecular complexity index is 1250. The number of rotatable bonds is 8. The third kappa shape index (κ3) is 6.85. The first-order chi connectivity index (χ1) is 18.2. The van der Waals surface area contributed by atoms with Gasteiger partial charge in [0.25, 0.3) is 0 Å². The average molecular weight is 553 g/mol. The molecule has 0 radical (unpaired) electrons. The number of hydrogen-bond donors (Lipinski definition) is 1. The molecule has 3 aromatic carbocycles. The molecule has 1 unspecified atom stereocenters. The Kier molecular flexibility index (Phi) is 9.29. The van der Waals surface area contributed by atoms with Gasteiger partial charge in [0.05, 0.1) is 27.9 Å². The Morgan fingerprint density at radius 1 is 1.03 bits per heavy atom. The number of benzene rings is 3. The number of esters is 1. The number of piperidine rings is 1. The number of nitrogens with one attached hydrogen (secondary N) is 1. The van der Waals surface area contributed by atoms with Gasteiger partial charge in [0.15, 0.2) is 0 Å². The zero-order valence-corrected chi connectivity index (χ0v) is 24.1. The summed E-state index contributed by atoms with van der Waals surface area (Å²) < 4.78 is 21.6. The topological polar surface area (TPSA) is 58.6 Å². The molecule has 4 rings (SSSR count). The molecule has 0 aromatic heterocycles. The molecule has 0 amide bonds. The normalized spacial score (nSPS) is 16.2. The van der Waals surface area contributed by atoms with E-state index in [1.807, 2.05) is 82.3 Å². The first kappa shape index (κ1) is 28.3. The standard InChI is InChI=1S/C31H37ClN2O3S/c1-5-37-30(35)24-12-16-26(17-13-24)34-20-18-23(19-21-34)29(33-38(36)31(2,3)4)28-9-7-6-8-27(28)22-10-14-25(32)15-11-22/h6-17,23,29,33H,5,18-21H2,1-4H3/t29-,38?/m1/s1. The van der Waals surface area contributed by atoms with Crippen LogP contribution in [0, 0.1) is 5.92 Å². The SMILES string of the molecule is CCOC(=O)c1ccc(N2CCC([C@@H](NS(=O)C(C)(C)C)c3ccccc3-c3ccc(Cl)cc3)CC2)cc1. The average Bonchev–Trinajstić information content (AvgIpc) is 2.92. The van der Waals surface area contributed by atoms with E-state index in [9.17, 15) is 9.00 Å². The van der Waals surface area contributed by atoms with E-state index in [0.29, 0.717) is 23.1 Å². The molecule has 202 valence electrons. The quantitative estimate of drug-likeness (QED) is 0.300. The Morgan fingerprint density at radius 3 is 2.26 bits per heavy atom. The van der Waals surface area contributed by atoms with Gasteiger partial charge in [-0.2, -0.15) is 0 Å². The summed E-state index contributed by atoms with van der Waals surface area (Å²) in [4.78, 5) is 14.4. The highest BCUT2D eigenvalue weighted by molar-refractivity contribution is 7.84. The maximum absolute atomic E-state index is 13.3. The number of nitrogens with zero attached hydrogens (tertiary/aromatic N) is 1. The summed E-state index contributed by atoms with van der Waals surface area (Å²) in [5.41, 5.74) is 5.05. The lowest BCUT2D eigenvalue weighted by atomic mass is 9.83. The van der Waals surface area contributed by atoms with Crippen molar-refractivity contribution in [1.29, 1.82) is 0 Å². The monoisotopic (exact) mass is 552 g/mol. The smallest absolute Gasteiger partial charge is 0.338 e. The van der Waals surface area contributed by atoms with E-state index >= 15 is 0 Å².